The van der Waals surface area contributed by atoms with Crippen molar-refractivity contribution >= 4 is 0 Å². The Hall–Kier alpha value is -0.380. The first kappa shape index (κ1) is 7.28. The van der Waals surface area contributed by atoms with Crippen LogP contribution in [0.15, 0.2) is 12.2 Å². The Balaban J connectivity index is 2.09. The molecule has 1 fully saturated rings. The first-order chi connectivity index (χ1) is 5.31. The zero-order chi connectivity index (χ0) is 7.73. The lowest BCUT2D eigenvalue weighted by Gasteiger charge is -2.28. The van der Waals surface area contributed by atoms with E-state index in [4.69, 9.17) is 14.6 Å². The lowest BCUT2D eigenvalue weighted by molar-refractivity contribution is -0.130. The van der Waals surface area contributed by atoms with Crippen LogP contribution in [0.4, 0.5) is 0 Å². The molecule has 3 nitrogen and oxygen atoms in total. The van der Waals surface area contributed by atoms with Crippen molar-refractivity contribution in [3.63, 3.8) is 0 Å². The molecule has 1 atom stereocenters. The highest BCUT2D eigenvalue weighted by molar-refractivity contribution is 5.05. The molecule has 1 unspecified atom stereocenters. The molecule has 3 heteroatoms. The SMILES string of the molecule is OC1C=CC2(CC1)OCCO2. The molecule has 1 aliphatic carbocycles. The largest absolute Gasteiger partial charge is 0.389 e. The fourth-order valence-corrected chi connectivity index (χ4v) is 1.50. The van der Waals surface area contributed by atoms with Gasteiger partial charge in [-0.2, -0.15) is 0 Å². The summed E-state index contributed by atoms with van der Waals surface area (Å²) in [4.78, 5) is 0. The van der Waals surface area contributed by atoms with Crippen LogP contribution in [0.5, 0.6) is 0 Å². The van der Waals surface area contributed by atoms with Crippen molar-refractivity contribution < 1.29 is 14.6 Å². The molecule has 1 N–H and O–H groups in total. The summed E-state index contributed by atoms with van der Waals surface area (Å²) in [5.74, 6) is -0.487. The van der Waals surface area contributed by atoms with E-state index in [0.717, 1.165) is 12.8 Å². The lowest BCUT2D eigenvalue weighted by Crippen LogP contribution is -2.32. The average Bonchev–Trinajstić information content (AvgIpc) is 2.45. The van der Waals surface area contributed by atoms with E-state index >= 15 is 0 Å². The third-order valence-electron chi connectivity index (χ3n) is 2.14. The third-order valence-corrected chi connectivity index (χ3v) is 2.14. The van der Waals surface area contributed by atoms with E-state index in [1.54, 1.807) is 6.08 Å². The van der Waals surface area contributed by atoms with Crippen molar-refractivity contribution in [2.75, 3.05) is 13.2 Å². The van der Waals surface area contributed by atoms with E-state index in [9.17, 15) is 0 Å². The molecule has 1 saturated heterocycles. The zero-order valence-electron chi connectivity index (χ0n) is 6.32. The van der Waals surface area contributed by atoms with E-state index in [-0.39, 0.29) is 6.10 Å². The average molecular weight is 156 g/mol. The van der Waals surface area contributed by atoms with Crippen LogP contribution in [0.2, 0.25) is 0 Å². The summed E-state index contributed by atoms with van der Waals surface area (Å²) in [7, 11) is 0. The quantitative estimate of drug-likeness (QED) is 0.517. The molecular weight excluding hydrogens is 144 g/mol. The highest BCUT2D eigenvalue weighted by atomic mass is 16.7. The minimum absolute atomic E-state index is 0.312. The maximum atomic E-state index is 9.15. The Kier molecular flexibility index (Phi) is 1.71. The second-order valence-corrected chi connectivity index (χ2v) is 2.97. The molecule has 2 rings (SSSR count). The predicted octanol–water partition coefficient (Wildman–Crippen LogP) is 0.440. The third kappa shape index (κ3) is 1.31. The normalized spacial score (nSPS) is 34.8. The number of hydrogen-bond acceptors (Lipinski definition) is 3. The summed E-state index contributed by atoms with van der Waals surface area (Å²) >= 11 is 0. The standard InChI is InChI=1S/C8H12O3/c9-7-1-3-8(4-2-7)10-5-6-11-8/h1,3,7,9H,2,4-6H2. The van der Waals surface area contributed by atoms with Gasteiger partial charge < -0.3 is 14.6 Å². The van der Waals surface area contributed by atoms with Crippen molar-refractivity contribution in [2.45, 2.75) is 24.7 Å². The van der Waals surface area contributed by atoms with Crippen LogP contribution in [-0.2, 0) is 9.47 Å². The summed E-state index contributed by atoms with van der Waals surface area (Å²) in [6.07, 6.45) is 4.76. The maximum absolute atomic E-state index is 9.15. The zero-order valence-corrected chi connectivity index (χ0v) is 6.32. The monoisotopic (exact) mass is 156 g/mol. The van der Waals surface area contributed by atoms with Gasteiger partial charge in [-0.15, -0.1) is 0 Å². The number of rotatable bonds is 0. The fraction of sp³-hybridized carbons (Fsp3) is 0.750. The van der Waals surface area contributed by atoms with E-state index in [1.807, 2.05) is 6.08 Å². The summed E-state index contributed by atoms with van der Waals surface area (Å²) in [6.45, 7) is 1.33. The second-order valence-electron chi connectivity index (χ2n) is 2.97. The van der Waals surface area contributed by atoms with Crippen molar-refractivity contribution in [3.05, 3.63) is 12.2 Å². The molecule has 1 heterocycles. The Morgan fingerprint density at radius 3 is 2.64 bits per heavy atom. The van der Waals surface area contributed by atoms with Crippen LogP contribution in [0.1, 0.15) is 12.8 Å². The van der Waals surface area contributed by atoms with Gasteiger partial charge in [0, 0.05) is 6.42 Å². The molecule has 11 heavy (non-hydrogen) atoms. The highest BCUT2D eigenvalue weighted by Gasteiger charge is 2.36. The van der Waals surface area contributed by atoms with E-state index < -0.39 is 5.79 Å². The maximum Gasteiger partial charge on any atom is 0.188 e. The van der Waals surface area contributed by atoms with Gasteiger partial charge in [-0.05, 0) is 12.5 Å². The number of aliphatic hydroxyl groups excluding tert-OH is 1. The molecular formula is C8H12O3. The van der Waals surface area contributed by atoms with Gasteiger partial charge in [0.25, 0.3) is 0 Å². The van der Waals surface area contributed by atoms with Gasteiger partial charge in [0.2, 0.25) is 0 Å². The Labute approximate surface area is 65.6 Å². The Morgan fingerprint density at radius 1 is 1.36 bits per heavy atom. The predicted molar refractivity (Wildman–Crippen MR) is 39.0 cm³/mol. The lowest BCUT2D eigenvalue weighted by atomic mass is 10.00. The van der Waals surface area contributed by atoms with Crippen molar-refractivity contribution in [1.82, 2.24) is 0 Å². The fourth-order valence-electron chi connectivity index (χ4n) is 1.50. The number of ether oxygens (including phenoxy) is 2. The second kappa shape index (κ2) is 2.59. The molecule has 62 valence electrons. The molecule has 0 saturated carbocycles. The molecule has 1 spiro atoms. The van der Waals surface area contributed by atoms with Crippen LogP contribution in [0, 0.1) is 0 Å². The van der Waals surface area contributed by atoms with Gasteiger partial charge in [-0.25, -0.2) is 0 Å². The van der Waals surface area contributed by atoms with Gasteiger partial charge in [0.1, 0.15) is 0 Å². The summed E-state index contributed by atoms with van der Waals surface area (Å²) in [5.41, 5.74) is 0. The Morgan fingerprint density at radius 2 is 2.09 bits per heavy atom. The molecule has 0 amide bonds. The molecule has 1 aliphatic heterocycles. The van der Waals surface area contributed by atoms with Crippen molar-refractivity contribution in [1.29, 1.82) is 0 Å². The minimum Gasteiger partial charge on any atom is -0.389 e. The molecule has 0 aromatic heterocycles. The van der Waals surface area contributed by atoms with E-state index in [2.05, 4.69) is 0 Å². The first-order valence-electron chi connectivity index (χ1n) is 3.96. The minimum atomic E-state index is -0.487. The van der Waals surface area contributed by atoms with Crippen LogP contribution in [-0.4, -0.2) is 30.2 Å². The van der Waals surface area contributed by atoms with E-state index in [1.165, 1.54) is 0 Å². The van der Waals surface area contributed by atoms with Crippen LogP contribution in [0.25, 0.3) is 0 Å². The van der Waals surface area contributed by atoms with Gasteiger partial charge >= 0.3 is 0 Å². The number of aliphatic hydroxyl groups is 1. The Bertz CT molecular complexity index is 170. The molecule has 0 bridgehead atoms. The van der Waals surface area contributed by atoms with Gasteiger partial charge in [0.05, 0.1) is 19.3 Å². The summed E-state index contributed by atoms with van der Waals surface area (Å²) in [6, 6.07) is 0. The smallest absolute Gasteiger partial charge is 0.188 e. The van der Waals surface area contributed by atoms with Crippen molar-refractivity contribution in [3.8, 4) is 0 Å². The summed E-state index contributed by atoms with van der Waals surface area (Å²) < 4.78 is 10.8. The van der Waals surface area contributed by atoms with Crippen molar-refractivity contribution in [2.24, 2.45) is 0 Å². The first-order valence-corrected chi connectivity index (χ1v) is 3.96. The summed E-state index contributed by atoms with van der Waals surface area (Å²) in [5, 5.41) is 9.15. The van der Waals surface area contributed by atoms with E-state index in [0.29, 0.717) is 13.2 Å². The van der Waals surface area contributed by atoms with Crippen LogP contribution >= 0.6 is 0 Å². The molecule has 0 aromatic carbocycles. The molecule has 0 radical (unpaired) electrons. The highest BCUT2D eigenvalue weighted by Crippen LogP contribution is 2.30. The van der Waals surface area contributed by atoms with Gasteiger partial charge in [-0.3, -0.25) is 0 Å². The van der Waals surface area contributed by atoms with Gasteiger partial charge in [0.15, 0.2) is 5.79 Å². The van der Waals surface area contributed by atoms with Crippen LogP contribution in [0.3, 0.4) is 0 Å². The number of hydrogen-bond donors (Lipinski definition) is 1. The molecule has 2 aliphatic rings. The van der Waals surface area contributed by atoms with Gasteiger partial charge in [-0.1, -0.05) is 6.08 Å². The topological polar surface area (TPSA) is 38.7 Å². The van der Waals surface area contributed by atoms with Crippen LogP contribution < -0.4 is 0 Å². The molecule has 0 aromatic rings.